The zero-order valence-corrected chi connectivity index (χ0v) is 13.5. The molecule has 1 aromatic carbocycles. The summed E-state index contributed by atoms with van der Waals surface area (Å²) >= 11 is 0. The number of hydrogen-bond donors (Lipinski definition) is 1. The van der Waals surface area contributed by atoms with Gasteiger partial charge in [0.25, 0.3) is 0 Å². The molecule has 0 aliphatic heterocycles. The number of nitrogens with two attached hydrogens (primary N) is 1. The van der Waals surface area contributed by atoms with Crippen molar-refractivity contribution < 1.29 is 0 Å². The molecule has 0 bridgehead atoms. The fourth-order valence-corrected chi connectivity index (χ4v) is 2.46. The van der Waals surface area contributed by atoms with Crippen molar-refractivity contribution in [2.45, 2.75) is 72.3 Å². The molecule has 0 heterocycles. The molecule has 0 aromatic heterocycles. The summed E-state index contributed by atoms with van der Waals surface area (Å²) in [5.74, 6) is 1.85. The standard InChI is InChI=1S/C18H31N/c1-12(2)7-10-18(19)16-9-8-15(13(3)4)11-17(16)14(5)6/h8-9,11-14,18H,7,10,19H2,1-6H3. The molecule has 0 aliphatic carbocycles. The first-order valence-electron chi connectivity index (χ1n) is 7.72. The van der Waals surface area contributed by atoms with Gasteiger partial charge in [-0.25, -0.2) is 0 Å². The Morgan fingerprint density at radius 1 is 0.842 bits per heavy atom. The van der Waals surface area contributed by atoms with E-state index in [1.54, 1.807) is 0 Å². The minimum absolute atomic E-state index is 0.181. The van der Waals surface area contributed by atoms with Gasteiger partial charge in [0, 0.05) is 6.04 Å². The zero-order chi connectivity index (χ0) is 14.6. The van der Waals surface area contributed by atoms with Crippen LogP contribution in [0.2, 0.25) is 0 Å². The molecule has 0 saturated heterocycles. The van der Waals surface area contributed by atoms with Crippen LogP contribution < -0.4 is 5.73 Å². The fraction of sp³-hybridized carbons (Fsp3) is 0.667. The first kappa shape index (κ1) is 16.2. The lowest BCUT2D eigenvalue weighted by Gasteiger charge is -2.21. The van der Waals surface area contributed by atoms with E-state index in [1.165, 1.54) is 23.1 Å². The number of rotatable bonds is 6. The van der Waals surface area contributed by atoms with Gasteiger partial charge in [-0.05, 0) is 47.3 Å². The molecule has 0 aliphatic rings. The minimum Gasteiger partial charge on any atom is -0.324 e. The fourth-order valence-electron chi connectivity index (χ4n) is 2.46. The lowest BCUT2D eigenvalue weighted by Crippen LogP contribution is -2.14. The SMILES string of the molecule is CC(C)CCC(N)c1ccc(C(C)C)cc1C(C)C. The third-order valence-corrected chi connectivity index (χ3v) is 3.85. The third-order valence-electron chi connectivity index (χ3n) is 3.85. The molecule has 1 heteroatoms. The molecule has 1 aromatic rings. The van der Waals surface area contributed by atoms with Gasteiger partial charge in [-0.3, -0.25) is 0 Å². The van der Waals surface area contributed by atoms with Crippen molar-refractivity contribution in [1.29, 1.82) is 0 Å². The van der Waals surface area contributed by atoms with Crippen LogP contribution in [0.4, 0.5) is 0 Å². The second-order valence-corrected chi connectivity index (χ2v) is 6.78. The van der Waals surface area contributed by atoms with E-state index >= 15 is 0 Å². The van der Waals surface area contributed by atoms with Crippen LogP contribution in [-0.2, 0) is 0 Å². The van der Waals surface area contributed by atoms with E-state index in [9.17, 15) is 0 Å². The molecule has 0 saturated carbocycles. The maximum atomic E-state index is 6.41. The molecule has 0 spiro atoms. The maximum absolute atomic E-state index is 6.41. The molecule has 0 fully saturated rings. The van der Waals surface area contributed by atoms with Gasteiger partial charge in [0.05, 0.1) is 0 Å². The summed E-state index contributed by atoms with van der Waals surface area (Å²) in [7, 11) is 0. The van der Waals surface area contributed by atoms with Crippen molar-refractivity contribution in [3.05, 3.63) is 34.9 Å². The Kier molecular flexibility index (Phi) is 6.06. The second-order valence-electron chi connectivity index (χ2n) is 6.78. The highest BCUT2D eigenvalue weighted by Crippen LogP contribution is 2.30. The summed E-state index contributed by atoms with van der Waals surface area (Å²) in [5, 5.41) is 0. The van der Waals surface area contributed by atoms with Crippen LogP contribution in [0, 0.1) is 5.92 Å². The molecule has 1 rings (SSSR count). The summed E-state index contributed by atoms with van der Waals surface area (Å²) in [6.45, 7) is 13.5. The van der Waals surface area contributed by atoms with Gasteiger partial charge in [0.15, 0.2) is 0 Å². The van der Waals surface area contributed by atoms with E-state index in [2.05, 4.69) is 59.7 Å². The summed E-state index contributed by atoms with van der Waals surface area (Å²) in [6.07, 6.45) is 2.28. The van der Waals surface area contributed by atoms with Gasteiger partial charge in [-0.1, -0.05) is 59.7 Å². The molecule has 0 radical (unpaired) electrons. The van der Waals surface area contributed by atoms with Crippen molar-refractivity contribution >= 4 is 0 Å². The lowest BCUT2D eigenvalue weighted by molar-refractivity contribution is 0.504. The molecule has 1 unspecified atom stereocenters. The molecule has 0 amide bonds. The van der Waals surface area contributed by atoms with Gasteiger partial charge in [0.2, 0.25) is 0 Å². The summed E-state index contributed by atoms with van der Waals surface area (Å²) < 4.78 is 0. The third kappa shape index (κ3) is 4.65. The summed E-state index contributed by atoms with van der Waals surface area (Å²) in [4.78, 5) is 0. The Morgan fingerprint density at radius 2 is 1.47 bits per heavy atom. The van der Waals surface area contributed by atoms with Crippen LogP contribution in [0.15, 0.2) is 18.2 Å². The monoisotopic (exact) mass is 261 g/mol. The minimum atomic E-state index is 0.181. The van der Waals surface area contributed by atoms with Crippen molar-refractivity contribution in [3.63, 3.8) is 0 Å². The Bertz CT molecular complexity index is 391. The Morgan fingerprint density at radius 3 is 1.95 bits per heavy atom. The largest absolute Gasteiger partial charge is 0.324 e. The average molecular weight is 261 g/mol. The smallest absolute Gasteiger partial charge is 0.0297 e. The Hall–Kier alpha value is -0.820. The lowest BCUT2D eigenvalue weighted by atomic mass is 9.87. The number of hydrogen-bond acceptors (Lipinski definition) is 1. The van der Waals surface area contributed by atoms with Crippen LogP contribution >= 0.6 is 0 Å². The molecule has 1 atom stereocenters. The van der Waals surface area contributed by atoms with Crippen molar-refractivity contribution in [1.82, 2.24) is 0 Å². The van der Waals surface area contributed by atoms with E-state index in [4.69, 9.17) is 5.73 Å². The van der Waals surface area contributed by atoms with Crippen LogP contribution in [0.25, 0.3) is 0 Å². The molecular formula is C18H31N. The van der Waals surface area contributed by atoms with Gasteiger partial charge < -0.3 is 5.73 Å². The highest BCUT2D eigenvalue weighted by atomic mass is 14.6. The Balaban J connectivity index is 2.99. The quantitative estimate of drug-likeness (QED) is 0.732. The van der Waals surface area contributed by atoms with Crippen LogP contribution in [0.5, 0.6) is 0 Å². The van der Waals surface area contributed by atoms with Crippen molar-refractivity contribution in [2.24, 2.45) is 11.7 Å². The molecule has 108 valence electrons. The first-order valence-corrected chi connectivity index (χ1v) is 7.72. The van der Waals surface area contributed by atoms with E-state index in [0.29, 0.717) is 11.8 Å². The maximum Gasteiger partial charge on any atom is 0.0297 e. The number of benzene rings is 1. The highest BCUT2D eigenvalue weighted by Gasteiger charge is 2.15. The van der Waals surface area contributed by atoms with Crippen LogP contribution in [0.1, 0.15) is 89.0 Å². The molecule has 19 heavy (non-hydrogen) atoms. The van der Waals surface area contributed by atoms with Crippen molar-refractivity contribution in [3.8, 4) is 0 Å². The van der Waals surface area contributed by atoms with E-state index in [-0.39, 0.29) is 6.04 Å². The summed E-state index contributed by atoms with van der Waals surface area (Å²) in [6, 6.07) is 7.05. The van der Waals surface area contributed by atoms with E-state index in [0.717, 1.165) is 12.3 Å². The normalized spacial score (nSPS) is 13.6. The first-order chi connectivity index (χ1) is 8.82. The van der Waals surface area contributed by atoms with Crippen LogP contribution in [-0.4, -0.2) is 0 Å². The molecular weight excluding hydrogens is 230 g/mol. The van der Waals surface area contributed by atoms with Crippen LogP contribution in [0.3, 0.4) is 0 Å². The average Bonchev–Trinajstić information content (AvgIpc) is 2.34. The zero-order valence-electron chi connectivity index (χ0n) is 13.5. The van der Waals surface area contributed by atoms with Gasteiger partial charge in [0.1, 0.15) is 0 Å². The molecule has 2 N–H and O–H groups in total. The summed E-state index contributed by atoms with van der Waals surface area (Å²) in [5.41, 5.74) is 10.6. The highest BCUT2D eigenvalue weighted by molar-refractivity contribution is 5.37. The second kappa shape index (κ2) is 7.09. The molecule has 1 nitrogen and oxygen atoms in total. The Labute approximate surface area is 119 Å². The predicted octanol–water partition coefficient (Wildman–Crippen LogP) is 5.37. The van der Waals surface area contributed by atoms with E-state index in [1.807, 2.05) is 0 Å². The van der Waals surface area contributed by atoms with Crippen molar-refractivity contribution in [2.75, 3.05) is 0 Å². The topological polar surface area (TPSA) is 26.0 Å². The predicted molar refractivity (Wildman–Crippen MR) is 85.6 cm³/mol. The van der Waals surface area contributed by atoms with E-state index < -0.39 is 0 Å². The van der Waals surface area contributed by atoms with Gasteiger partial charge >= 0.3 is 0 Å². The van der Waals surface area contributed by atoms with Gasteiger partial charge in [-0.2, -0.15) is 0 Å². The van der Waals surface area contributed by atoms with Gasteiger partial charge in [-0.15, -0.1) is 0 Å².